The Balaban J connectivity index is 1.60. The highest BCUT2D eigenvalue weighted by Crippen LogP contribution is 2.18. The Morgan fingerprint density at radius 2 is 2.04 bits per heavy atom. The van der Waals surface area contributed by atoms with Crippen LogP contribution in [0.15, 0.2) is 28.4 Å². The second-order valence-electron chi connectivity index (χ2n) is 5.73. The largest absolute Gasteiger partial charge is 0.338 e. The molecular formula is C17H17N3O3S2. The van der Waals surface area contributed by atoms with Crippen molar-refractivity contribution in [1.29, 1.82) is 0 Å². The van der Waals surface area contributed by atoms with Crippen molar-refractivity contribution in [2.45, 2.75) is 26.3 Å². The van der Waals surface area contributed by atoms with E-state index in [2.05, 4.69) is 9.97 Å². The van der Waals surface area contributed by atoms with E-state index in [4.69, 9.17) is 0 Å². The summed E-state index contributed by atoms with van der Waals surface area (Å²) in [5, 5.41) is 1.81. The summed E-state index contributed by atoms with van der Waals surface area (Å²) in [4.78, 5) is 46.6. The first-order chi connectivity index (χ1) is 11.9. The molecule has 0 aliphatic rings. The average molecular weight is 375 g/mol. The molecule has 3 aromatic heterocycles. The van der Waals surface area contributed by atoms with Crippen LogP contribution >= 0.6 is 22.7 Å². The van der Waals surface area contributed by atoms with Gasteiger partial charge in [-0.2, -0.15) is 0 Å². The zero-order valence-corrected chi connectivity index (χ0v) is 15.5. The van der Waals surface area contributed by atoms with E-state index in [0.29, 0.717) is 20.9 Å². The molecule has 0 fully saturated rings. The number of Topliss-reactive ketones (excluding diaryl/α,β-unsaturated/α-hetero) is 1. The van der Waals surface area contributed by atoms with Gasteiger partial charge in [-0.15, -0.1) is 22.7 Å². The highest BCUT2D eigenvalue weighted by atomic mass is 32.1. The number of fused-ring (bicyclic) bond motifs is 1. The lowest BCUT2D eigenvalue weighted by atomic mass is 10.2. The molecule has 0 radical (unpaired) electrons. The molecule has 130 valence electrons. The molecule has 3 aromatic rings. The van der Waals surface area contributed by atoms with E-state index in [-0.39, 0.29) is 36.6 Å². The number of carbonyl (C=O) groups excluding carboxylic acids is 2. The van der Waals surface area contributed by atoms with Crippen LogP contribution in [0.2, 0.25) is 0 Å². The number of ketones is 1. The molecule has 0 saturated heterocycles. The molecule has 0 spiro atoms. The predicted molar refractivity (Wildman–Crippen MR) is 99.3 cm³/mol. The van der Waals surface area contributed by atoms with Crippen molar-refractivity contribution in [2.24, 2.45) is 0 Å². The molecule has 1 amide bonds. The summed E-state index contributed by atoms with van der Waals surface area (Å²) in [6, 6.07) is 5.47. The molecule has 6 nitrogen and oxygen atoms in total. The van der Waals surface area contributed by atoms with Gasteiger partial charge >= 0.3 is 0 Å². The van der Waals surface area contributed by atoms with Gasteiger partial charge in [0.1, 0.15) is 10.5 Å². The minimum atomic E-state index is -0.195. The molecule has 0 unspecified atom stereocenters. The summed E-state index contributed by atoms with van der Waals surface area (Å²) in [6.45, 7) is 2.14. The Morgan fingerprint density at radius 1 is 1.24 bits per heavy atom. The fraction of sp³-hybridized carbons (Fsp3) is 0.294. The molecular weight excluding hydrogens is 358 g/mol. The van der Waals surface area contributed by atoms with Crippen molar-refractivity contribution in [3.05, 3.63) is 49.5 Å². The van der Waals surface area contributed by atoms with E-state index in [1.165, 1.54) is 27.6 Å². The number of aryl methyl sites for hydroxylation is 1. The number of H-pyrrole nitrogens is 1. The summed E-state index contributed by atoms with van der Waals surface area (Å²) in [7, 11) is 1.64. The van der Waals surface area contributed by atoms with Crippen molar-refractivity contribution in [2.75, 3.05) is 7.05 Å². The van der Waals surface area contributed by atoms with Gasteiger partial charge in [-0.25, -0.2) is 4.98 Å². The summed E-state index contributed by atoms with van der Waals surface area (Å²) in [5.74, 6) is 0.257. The number of rotatable bonds is 6. The molecule has 0 atom stereocenters. The third-order valence-electron chi connectivity index (χ3n) is 3.76. The van der Waals surface area contributed by atoms with Crippen LogP contribution < -0.4 is 5.56 Å². The molecule has 3 heterocycles. The van der Waals surface area contributed by atoms with E-state index in [1.54, 1.807) is 19.2 Å². The number of hydrogen-bond donors (Lipinski definition) is 1. The van der Waals surface area contributed by atoms with E-state index in [1.807, 2.05) is 18.4 Å². The third-order valence-corrected chi connectivity index (χ3v) is 5.70. The molecule has 8 heteroatoms. The SMILES string of the molecule is Cc1ccc(C(=O)CCC(=O)N(C)Cc2nc3ccsc3c(=O)[nH]2)s1. The van der Waals surface area contributed by atoms with Crippen LogP contribution in [0.25, 0.3) is 10.2 Å². The molecule has 0 aliphatic carbocycles. The van der Waals surface area contributed by atoms with E-state index in [0.717, 1.165) is 4.88 Å². The zero-order chi connectivity index (χ0) is 18.0. The lowest BCUT2D eigenvalue weighted by Crippen LogP contribution is -2.28. The van der Waals surface area contributed by atoms with Gasteiger partial charge in [-0.05, 0) is 30.5 Å². The van der Waals surface area contributed by atoms with Gasteiger partial charge in [0.25, 0.3) is 5.56 Å². The minimum absolute atomic E-state index is 0.0222. The van der Waals surface area contributed by atoms with Gasteiger partial charge in [-0.1, -0.05) is 0 Å². The molecule has 0 saturated carbocycles. The zero-order valence-electron chi connectivity index (χ0n) is 13.9. The number of nitrogens with zero attached hydrogens (tertiary/aromatic N) is 2. The van der Waals surface area contributed by atoms with Gasteiger partial charge in [0, 0.05) is 24.8 Å². The molecule has 3 rings (SSSR count). The number of amides is 1. The van der Waals surface area contributed by atoms with E-state index >= 15 is 0 Å². The first-order valence-corrected chi connectivity index (χ1v) is 9.43. The fourth-order valence-corrected chi connectivity index (χ4v) is 3.99. The van der Waals surface area contributed by atoms with Crippen molar-refractivity contribution in [3.63, 3.8) is 0 Å². The third kappa shape index (κ3) is 4.02. The molecule has 1 N–H and O–H groups in total. The number of nitrogens with one attached hydrogen (secondary N) is 1. The fourth-order valence-electron chi connectivity index (χ4n) is 2.43. The van der Waals surface area contributed by atoms with Crippen LogP contribution in [0.5, 0.6) is 0 Å². The Kier molecular flexibility index (Phi) is 5.10. The maximum Gasteiger partial charge on any atom is 0.268 e. The van der Waals surface area contributed by atoms with Crippen molar-refractivity contribution in [1.82, 2.24) is 14.9 Å². The summed E-state index contributed by atoms with van der Waals surface area (Å²) in [5.41, 5.74) is 0.437. The highest BCUT2D eigenvalue weighted by Gasteiger charge is 2.15. The standard InChI is InChI=1S/C17H17N3O3S2/c1-10-3-5-13(25-10)12(21)4-6-15(22)20(2)9-14-18-11-7-8-24-16(11)17(23)19-14/h3,5,7-8H,4,6,9H2,1-2H3,(H,18,19,23). The van der Waals surface area contributed by atoms with Gasteiger partial charge in [0.05, 0.1) is 16.9 Å². The molecule has 0 bridgehead atoms. The van der Waals surface area contributed by atoms with E-state index in [9.17, 15) is 14.4 Å². The molecule has 0 aromatic carbocycles. The Bertz CT molecular complexity index is 986. The van der Waals surface area contributed by atoms with Crippen LogP contribution in [-0.2, 0) is 11.3 Å². The maximum absolute atomic E-state index is 12.2. The van der Waals surface area contributed by atoms with Crippen LogP contribution in [0, 0.1) is 6.92 Å². The second-order valence-corrected chi connectivity index (χ2v) is 7.93. The van der Waals surface area contributed by atoms with E-state index < -0.39 is 0 Å². The highest BCUT2D eigenvalue weighted by molar-refractivity contribution is 7.17. The Morgan fingerprint density at radius 3 is 2.76 bits per heavy atom. The predicted octanol–water partition coefficient (Wildman–Crippen LogP) is 2.98. The summed E-state index contributed by atoms with van der Waals surface area (Å²) >= 11 is 2.77. The number of carbonyl (C=O) groups is 2. The topological polar surface area (TPSA) is 83.1 Å². The quantitative estimate of drug-likeness (QED) is 0.672. The van der Waals surface area contributed by atoms with Gasteiger partial charge in [0.2, 0.25) is 5.91 Å². The second kappa shape index (κ2) is 7.28. The number of aromatic nitrogens is 2. The maximum atomic E-state index is 12.2. The first-order valence-electron chi connectivity index (χ1n) is 7.74. The van der Waals surface area contributed by atoms with Crippen molar-refractivity contribution >= 4 is 44.6 Å². The Labute approximate surface area is 152 Å². The van der Waals surface area contributed by atoms with Gasteiger partial charge in [-0.3, -0.25) is 14.4 Å². The molecule has 0 aliphatic heterocycles. The summed E-state index contributed by atoms with van der Waals surface area (Å²) < 4.78 is 0.578. The van der Waals surface area contributed by atoms with Crippen LogP contribution in [-0.4, -0.2) is 33.6 Å². The van der Waals surface area contributed by atoms with Crippen LogP contribution in [0.1, 0.15) is 33.2 Å². The molecule has 25 heavy (non-hydrogen) atoms. The Hall–Kier alpha value is -2.32. The van der Waals surface area contributed by atoms with Crippen LogP contribution in [0.3, 0.4) is 0 Å². The lowest BCUT2D eigenvalue weighted by Gasteiger charge is -2.16. The monoisotopic (exact) mass is 375 g/mol. The van der Waals surface area contributed by atoms with Gasteiger partial charge < -0.3 is 9.88 Å². The van der Waals surface area contributed by atoms with Crippen molar-refractivity contribution < 1.29 is 9.59 Å². The normalized spacial score (nSPS) is 11.0. The smallest absolute Gasteiger partial charge is 0.268 e. The minimum Gasteiger partial charge on any atom is -0.338 e. The van der Waals surface area contributed by atoms with Crippen LogP contribution in [0.4, 0.5) is 0 Å². The average Bonchev–Trinajstić information content (AvgIpc) is 3.21. The summed E-state index contributed by atoms with van der Waals surface area (Å²) in [6.07, 6.45) is 0.313. The first kappa shape index (κ1) is 17.5. The van der Waals surface area contributed by atoms with Gasteiger partial charge in [0.15, 0.2) is 5.78 Å². The number of aromatic amines is 1. The number of hydrogen-bond acceptors (Lipinski definition) is 6. The number of thiophene rings is 2. The lowest BCUT2D eigenvalue weighted by molar-refractivity contribution is -0.130. The van der Waals surface area contributed by atoms with Crippen molar-refractivity contribution in [3.8, 4) is 0 Å².